The lowest BCUT2D eigenvalue weighted by atomic mass is 10.2. The Balaban J connectivity index is 2.60. The Morgan fingerprint density at radius 1 is 0.864 bits per heavy atom. The first kappa shape index (κ1) is 14.8. The van der Waals surface area contributed by atoms with Crippen molar-refractivity contribution in [1.82, 2.24) is 0 Å². The van der Waals surface area contributed by atoms with Crippen molar-refractivity contribution >= 4 is 22.7 Å². The summed E-state index contributed by atoms with van der Waals surface area (Å²) in [6.07, 6.45) is 0. The summed E-state index contributed by atoms with van der Waals surface area (Å²) in [4.78, 5) is 19.8. The van der Waals surface area contributed by atoms with Gasteiger partial charge in [-0.25, -0.2) is 0 Å². The summed E-state index contributed by atoms with van der Waals surface area (Å²) in [6, 6.07) is 7.46. The van der Waals surface area contributed by atoms with Gasteiger partial charge in [-0.2, -0.15) is 0 Å². The Morgan fingerprint density at radius 3 is 2.14 bits per heavy atom. The van der Waals surface area contributed by atoms with Gasteiger partial charge in [0.1, 0.15) is 11.4 Å². The highest BCUT2D eigenvalue weighted by molar-refractivity contribution is 5.74. The second kappa shape index (κ2) is 5.83. The topological polar surface area (TPSA) is 151 Å². The van der Waals surface area contributed by atoms with E-state index in [2.05, 4.69) is 10.2 Å². The Hall–Kier alpha value is -3.56. The summed E-state index contributed by atoms with van der Waals surface area (Å²) < 4.78 is 0. The molecule has 2 N–H and O–H groups in total. The fourth-order valence-electron chi connectivity index (χ4n) is 1.64. The van der Waals surface area contributed by atoms with Crippen molar-refractivity contribution in [2.75, 3.05) is 0 Å². The lowest BCUT2D eigenvalue weighted by molar-refractivity contribution is -0.422. The van der Waals surface area contributed by atoms with Crippen LogP contribution in [-0.2, 0) is 0 Å². The van der Waals surface area contributed by atoms with Gasteiger partial charge in [-0.3, -0.25) is 20.2 Å². The van der Waals surface area contributed by atoms with Crippen molar-refractivity contribution in [2.45, 2.75) is 0 Å². The standard InChI is InChI=1S/C12H8N4O6/c17-9-4-2-1-3-7(9)13-14-11-10(18)6-5-8(15(19)20)12(11)16(21)22/h1-6,17-18H. The lowest BCUT2D eigenvalue weighted by Gasteiger charge is -2.01. The molecule has 22 heavy (non-hydrogen) atoms. The van der Waals surface area contributed by atoms with Crippen molar-refractivity contribution in [3.8, 4) is 11.5 Å². The number of nitrogens with zero attached hydrogens (tertiary/aromatic N) is 4. The third-order valence-corrected chi connectivity index (χ3v) is 2.63. The number of hydrogen-bond acceptors (Lipinski definition) is 8. The molecule has 2 rings (SSSR count). The third-order valence-electron chi connectivity index (χ3n) is 2.63. The molecule has 0 atom stereocenters. The second-order valence-electron chi connectivity index (χ2n) is 4.00. The maximum Gasteiger partial charge on any atom is 0.377 e. The van der Waals surface area contributed by atoms with Gasteiger partial charge in [0.05, 0.1) is 9.85 Å². The zero-order valence-electron chi connectivity index (χ0n) is 10.8. The minimum atomic E-state index is -1.03. The van der Waals surface area contributed by atoms with E-state index in [1.165, 1.54) is 24.3 Å². The predicted octanol–water partition coefficient (Wildman–Crippen LogP) is 3.33. The molecule has 2 aromatic rings. The first-order chi connectivity index (χ1) is 10.4. The third kappa shape index (κ3) is 2.80. The predicted molar refractivity (Wildman–Crippen MR) is 73.7 cm³/mol. The SMILES string of the molecule is O=[N+]([O-])c1ccc(O)c(N=Nc2ccccc2O)c1[N+](=O)[O-]. The van der Waals surface area contributed by atoms with Crippen LogP contribution in [0, 0.1) is 20.2 Å². The minimum absolute atomic E-state index is 0.0114. The molecule has 0 bridgehead atoms. The van der Waals surface area contributed by atoms with Crippen LogP contribution >= 0.6 is 0 Å². The van der Waals surface area contributed by atoms with Gasteiger partial charge in [-0.15, -0.1) is 10.2 Å². The molecular weight excluding hydrogens is 296 g/mol. The lowest BCUT2D eigenvalue weighted by Crippen LogP contribution is -1.96. The van der Waals surface area contributed by atoms with Gasteiger partial charge in [-0.05, 0) is 18.2 Å². The van der Waals surface area contributed by atoms with Crippen molar-refractivity contribution in [1.29, 1.82) is 0 Å². The van der Waals surface area contributed by atoms with Crippen LogP contribution in [0.25, 0.3) is 0 Å². The number of para-hydroxylation sites is 1. The van der Waals surface area contributed by atoms with E-state index >= 15 is 0 Å². The molecule has 0 aliphatic carbocycles. The van der Waals surface area contributed by atoms with E-state index < -0.39 is 32.7 Å². The molecule has 0 aromatic heterocycles. The monoisotopic (exact) mass is 304 g/mol. The summed E-state index contributed by atoms with van der Waals surface area (Å²) in [5, 5.41) is 48.1. The second-order valence-corrected chi connectivity index (χ2v) is 4.00. The molecule has 0 unspecified atom stereocenters. The number of phenols is 2. The number of nitro groups is 2. The zero-order valence-corrected chi connectivity index (χ0v) is 10.8. The van der Waals surface area contributed by atoms with Crippen LogP contribution in [0.3, 0.4) is 0 Å². The number of benzene rings is 2. The summed E-state index contributed by atoms with van der Waals surface area (Å²) in [5.41, 5.74) is -2.48. The maximum absolute atomic E-state index is 11.0. The quantitative estimate of drug-likeness (QED) is 0.502. The van der Waals surface area contributed by atoms with Crippen LogP contribution in [0.1, 0.15) is 0 Å². The molecule has 112 valence electrons. The highest BCUT2D eigenvalue weighted by Gasteiger charge is 2.31. The molecule has 2 aromatic carbocycles. The molecule has 0 saturated carbocycles. The van der Waals surface area contributed by atoms with Gasteiger partial charge in [-0.1, -0.05) is 12.1 Å². The van der Waals surface area contributed by atoms with Crippen molar-refractivity contribution in [3.05, 3.63) is 56.6 Å². The molecule has 0 radical (unpaired) electrons. The van der Waals surface area contributed by atoms with Crippen molar-refractivity contribution in [3.63, 3.8) is 0 Å². The number of phenolic OH excluding ortho intramolecular Hbond substituents is 2. The molecule has 0 fully saturated rings. The summed E-state index contributed by atoms with van der Waals surface area (Å²) >= 11 is 0. The Kier molecular flexibility index (Phi) is 3.93. The van der Waals surface area contributed by atoms with E-state index in [1.807, 2.05) is 0 Å². The Labute approximate surface area is 122 Å². The van der Waals surface area contributed by atoms with Gasteiger partial charge < -0.3 is 10.2 Å². The summed E-state index contributed by atoms with van der Waals surface area (Å²) in [7, 11) is 0. The van der Waals surface area contributed by atoms with Crippen LogP contribution in [0.15, 0.2) is 46.6 Å². The van der Waals surface area contributed by atoms with E-state index in [1.54, 1.807) is 0 Å². The molecule has 0 amide bonds. The Morgan fingerprint density at radius 2 is 1.55 bits per heavy atom. The number of azo groups is 1. The average molecular weight is 304 g/mol. The molecule has 0 heterocycles. The van der Waals surface area contributed by atoms with Crippen LogP contribution in [-0.4, -0.2) is 20.1 Å². The van der Waals surface area contributed by atoms with Gasteiger partial charge in [0, 0.05) is 6.07 Å². The van der Waals surface area contributed by atoms with E-state index in [0.717, 1.165) is 12.1 Å². The van der Waals surface area contributed by atoms with Gasteiger partial charge >= 0.3 is 11.4 Å². The highest BCUT2D eigenvalue weighted by atomic mass is 16.6. The van der Waals surface area contributed by atoms with E-state index in [9.17, 15) is 30.4 Å². The van der Waals surface area contributed by atoms with Crippen LogP contribution in [0.2, 0.25) is 0 Å². The molecule has 0 spiro atoms. The zero-order chi connectivity index (χ0) is 16.3. The van der Waals surface area contributed by atoms with E-state index in [-0.39, 0.29) is 11.4 Å². The molecular formula is C12H8N4O6. The van der Waals surface area contributed by atoms with Crippen LogP contribution < -0.4 is 0 Å². The first-order valence-electron chi connectivity index (χ1n) is 5.76. The van der Waals surface area contributed by atoms with Gasteiger partial charge in [0.15, 0.2) is 5.75 Å². The number of nitro benzene ring substituents is 2. The number of hydrogen-bond donors (Lipinski definition) is 2. The number of rotatable bonds is 4. The van der Waals surface area contributed by atoms with Crippen LogP contribution in [0.5, 0.6) is 11.5 Å². The van der Waals surface area contributed by atoms with Crippen molar-refractivity contribution in [2.24, 2.45) is 10.2 Å². The highest BCUT2D eigenvalue weighted by Crippen LogP contribution is 2.43. The van der Waals surface area contributed by atoms with E-state index in [4.69, 9.17) is 0 Å². The largest absolute Gasteiger partial charge is 0.506 e. The average Bonchev–Trinajstić information content (AvgIpc) is 2.46. The fraction of sp³-hybridized carbons (Fsp3) is 0. The molecule has 10 heteroatoms. The molecule has 10 nitrogen and oxygen atoms in total. The first-order valence-corrected chi connectivity index (χ1v) is 5.76. The smallest absolute Gasteiger partial charge is 0.377 e. The van der Waals surface area contributed by atoms with Gasteiger partial charge in [0.2, 0.25) is 5.69 Å². The number of aromatic hydroxyl groups is 2. The van der Waals surface area contributed by atoms with E-state index in [0.29, 0.717) is 0 Å². The fourth-order valence-corrected chi connectivity index (χ4v) is 1.64. The molecule has 0 aliphatic rings. The molecule has 0 aliphatic heterocycles. The normalized spacial score (nSPS) is 10.7. The van der Waals surface area contributed by atoms with Crippen LogP contribution in [0.4, 0.5) is 22.7 Å². The van der Waals surface area contributed by atoms with Crippen molar-refractivity contribution < 1.29 is 20.1 Å². The summed E-state index contributed by atoms with van der Waals surface area (Å²) in [5.74, 6) is -0.879. The minimum Gasteiger partial charge on any atom is -0.506 e. The van der Waals surface area contributed by atoms with Gasteiger partial charge in [0.25, 0.3) is 0 Å². The Bertz CT molecular complexity index is 789. The molecule has 0 saturated heterocycles. The maximum atomic E-state index is 11.0. The summed E-state index contributed by atoms with van der Waals surface area (Å²) in [6.45, 7) is 0.